The molecule has 3 aromatic rings. The Morgan fingerprint density at radius 1 is 0.895 bits per heavy atom. The number of nitrogens with two attached hydrogens (primary N) is 1. The lowest BCUT2D eigenvalue weighted by atomic mass is 10.1. The lowest BCUT2D eigenvalue weighted by Gasteiger charge is -2.27. The van der Waals surface area contributed by atoms with Gasteiger partial charge >= 0.3 is 0 Å². The molecule has 4 rings (SSSR count). The summed E-state index contributed by atoms with van der Waals surface area (Å²) in [6, 6.07) is 17.0. The second-order valence-electron chi connectivity index (χ2n) is 8.85. The zero-order chi connectivity index (χ0) is 27.7. The number of aryl methyl sites for hydroxylation is 1. The van der Waals surface area contributed by atoms with Crippen LogP contribution in [0.5, 0.6) is 5.75 Å². The molecular formula is C26H27N3O7S2. The van der Waals surface area contributed by atoms with Crippen LogP contribution in [0, 0.1) is 6.92 Å². The van der Waals surface area contributed by atoms with Crippen LogP contribution in [0.1, 0.15) is 17.5 Å². The summed E-state index contributed by atoms with van der Waals surface area (Å²) >= 11 is 0. The lowest BCUT2D eigenvalue weighted by molar-refractivity contribution is -0.122. The summed E-state index contributed by atoms with van der Waals surface area (Å²) in [4.78, 5) is 27.4. The van der Waals surface area contributed by atoms with Gasteiger partial charge in [0.05, 0.1) is 29.0 Å². The molecule has 0 aromatic heterocycles. The first-order chi connectivity index (χ1) is 17.9. The topological polar surface area (TPSA) is 144 Å². The van der Waals surface area contributed by atoms with E-state index in [1.165, 1.54) is 43.5 Å². The van der Waals surface area contributed by atoms with Crippen LogP contribution in [0.3, 0.4) is 0 Å². The van der Waals surface area contributed by atoms with E-state index in [1.807, 2.05) is 6.92 Å². The number of primary sulfonamides is 1. The third-order valence-electron chi connectivity index (χ3n) is 6.30. The van der Waals surface area contributed by atoms with Crippen molar-refractivity contribution in [2.75, 3.05) is 18.6 Å². The van der Waals surface area contributed by atoms with E-state index in [0.29, 0.717) is 17.0 Å². The minimum atomic E-state index is -4.18. The molecule has 0 bridgehead atoms. The van der Waals surface area contributed by atoms with Crippen molar-refractivity contribution in [2.24, 2.45) is 5.14 Å². The molecule has 0 aliphatic carbocycles. The number of imide groups is 1. The molecule has 1 fully saturated rings. The Hall–Kier alpha value is -3.58. The maximum absolute atomic E-state index is 13.7. The van der Waals surface area contributed by atoms with E-state index in [0.717, 1.165) is 14.8 Å². The van der Waals surface area contributed by atoms with Gasteiger partial charge in [0.1, 0.15) is 11.8 Å². The van der Waals surface area contributed by atoms with Gasteiger partial charge in [-0.1, -0.05) is 29.8 Å². The van der Waals surface area contributed by atoms with Crippen LogP contribution >= 0.6 is 0 Å². The molecule has 3 aromatic carbocycles. The summed E-state index contributed by atoms with van der Waals surface area (Å²) < 4.78 is 56.8. The van der Waals surface area contributed by atoms with Crippen LogP contribution in [-0.4, -0.2) is 52.7 Å². The van der Waals surface area contributed by atoms with Crippen molar-refractivity contribution < 1.29 is 31.2 Å². The van der Waals surface area contributed by atoms with Crippen LogP contribution in [0.2, 0.25) is 0 Å². The highest BCUT2D eigenvalue weighted by atomic mass is 32.2. The molecule has 12 heteroatoms. The van der Waals surface area contributed by atoms with Gasteiger partial charge in [-0.25, -0.2) is 26.9 Å². The van der Waals surface area contributed by atoms with Crippen LogP contribution < -0.4 is 14.8 Å². The van der Waals surface area contributed by atoms with Crippen LogP contribution in [-0.2, 0) is 36.1 Å². The van der Waals surface area contributed by atoms with Crippen LogP contribution in [0.4, 0.5) is 5.69 Å². The van der Waals surface area contributed by atoms with E-state index >= 15 is 0 Å². The predicted molar refractivity (Wildman–Crippen MR) is 140 cm³/mol. The van der Waals surface area contributed by atoms with Gasteiger partial charge in [0, 0.05) is 6.54 Å². The van der Waals surface area contributed by atoms with Crippen LogP contribution in [0.15, 0.2) is 82.6 Å². The van der Waals surface area contributed by atoms with E-state index in [4.69, 9.17) is 9.88 Å². The second-order valence-corrected chi connectivity index (χ2v) is 12.3. The number of rotatable bonds is 9. The lowest BCUT2D eigenvalue weighted by Crippen LogP contribution is -2.46. The fourth-order valence-corrected chi connectivity index (χ4v) is 6.32. The SMILES string of the molecule is COc1ccc(N2C(=O)CC(N(CCc3ccc(S(N)(=O)=O)cc3)S(=O)(=O)c3ccc(C)cc3)C2=O)cc1. The summed E-state index contributed by atoms with van der Waals surface area (Å²) in [6.07, 6.45) is -0.156. The quantitative estimate of drug-likeness (QED) is 0.397. The maximum atomic E-state index is 13.7. The Morgan fingerprint density at radius 3 is 2.03 bits per heavy atom. The molecule has 2 amide bonds. The summed E-state index contributed by atoms with van der Waals surface area (Å²) in [7, 11) is -6.56. The number of sulfonamides is 2. The molecule has 2 N–H and O–H groups in total. The van der Waals surface area contributed by atoms with Gasteiger partial charge in [0.25, 0.3) is 5.91 Å². The molecule has 38 heavy (non-hydrogen) atoms. The van der Waals surface area contributed by atoms with Gasteiger partial charge in [-0.05, 0) is 67.4 Å². The average Bonchev–Trinajstić information content (AvgIpc) is 3.17. The Labute approximate surface area is 221 Å². The second kappa shape index (κ2) is 10.7. The molecule has 1 atom stereocenters. The number of hydrogen-bond donors (Lipinski definition) is 1. The predicted octanol–water partition coefficient (Wildman–Crippen LogP) is 2.22. The van der Waals surface area contributed by atoms with Crippen molar-refractivity contribution >= 4 is 37.5 Å². The number of methoxy groups -OCH3 is 1. The Kier molecular flexibility index (Phi) is 7.70. The van der Waals surface area contributed by atoms with E-state index in [9.17, 15) is 26.4 Å². The van der Waals surface area contributed by atoms with Crippen molar-refractivity contribution in [2.45, 2.75) is 35.6 Å². The molecule has 0 radical (unpaired) electrons. The largest absolute Gasteiger partial charge is 0.497 e. The minimum Gasteiger partial charge on any atom is -0.497 e. The van der Waals surface area contributed by atoms with Gasteiger partial charge in [-0.3, -0.25) is 9.59 Å². The van der Waals surface area contributed by atoms with Gasteiger partial charge in [-0.2, -0.15) is 4.31 Å². The zero-order valence-electron chi connectivity index (χ0n) is 20.8. The number of benzene rings is 3. The number of amides is 2. The summed E-state index contributed by atoms with van der Waals surface area (Å²) in [5.74, 6) is -0.631. The minimum absolute atomic E-state index is 0.00387. The molecule has 1 aliphatic heterocycles. The maximum Gasteiger partial charge on any atom is 0.252 e. The van der Waals surface area contributed by atoms with Crippen molar-refractivity contribution in [3.8, 4) is 5.75 Å². The smallest absolute Gasteiger partial charge is 0.252 e. The van der Waals surface area contributed by atoms with Gasteiger partial charge in [-0.15, -0.1) is 0 Å². The standard InChI is InChI=1S/C26H27N3O7S2/c1-18-3-11-23(12-4-18)38(34,35)28(16-15-19-5-13-22(14-6-19)37(27,32)33)24-17-25(30)29(26(24)31)20-7-9-21(36-2)10-8-20/h3-14,24H,15-17H2,1-2H3,(H2,27,32,33). The average molecular weight is 558 g/mol. The number of nitrogens with zero attached hydrogens (tertiary/aromatic N) is 2. The third kappa shape index (κ3) is 5.63. The van der Waals surface area contributed by atoms with E-state index in [2.05, 4.69) is 0 Å². The highest BCUT2D eigenvalue weighted by Gasteiger charge is 2.46. The van der Waals surface area contributed by atoms with Crippen molar-refractivity contribution in [3.63, 3.8) is 0 Å². The number of hydrogen-bond acceptors (Lipinski definition) is 7. The molecule has 0 saturated carbocycles. The van der Waals surface area contributed by atoms with Crippen molar-refractivity contribution in [1.82, 2.24) is 4.31 Å². The first-order valence-corrected chi connectivity index (χ1v) is 14.6. The van der Waals surface area contributed by atoms with Gasteiger partial charge in [0.2, 0.25) is 26.0 Å². The zero-order valence-corrected chi connectivity index (χ0v) is 22.4. The number of anilines is 1. The molecule has 0 spiro atoms. The molecule has 1 saturated heterocycles. The highest BCUT2D eigenvalue weighted by molar-refractivity contribution is 7.89. The van der Waals surface area contributed by atoms with Gasteiger partial charge < -0.3 is 4.74 Å². The molecule has 200 valence electrons. The van der Waals surface area contributed by atoms with E-state index in [-0.39, 0.29) is 29.2 Å². The monoisotopic (exact) mass is 557 g/mol. The first kappa shape index (κ1) is 27.5. The molecule has 10 nitrogen and oxygen atoms in total. The summed E-state index contributed by atoms with van der Waals surface area (Å²) in [5, 5.41) is 5.15. The first-order valence-electron chi connectivity index (χ1n) is 11.6. The number of ether oxygens (including phenoxy) is 1. The molecule has 1 unspecified atom stereocenters. The Morgan fingerprint density at radius 2 is 1.47 bits per heavy atom. The van der Waals surface area contributed by atoms with Crippen molar-refractivity contribution in [3.05, 3.63) is 83.9 Å². The molecule has 1 aliphatic rings. The molecular weight excluding hydrogens is 530 g/mol. The van der Waals surface area contributed by atoms with Gasteiger partial charge in [0.15, 0.2) is 0 Å². The van der Waals surface area contributed by atoms with Crippen molar-refractivity contribution in [1.29, 1.82) is 0 Å². The fraction of sp³-hybridized carbons (Fsp3) is 0.231. The summed E-state index contributed by atoms with van der Waals surface area (Å²) in [5.41, 5.74) is 1.81. The van der Waals surface area contributed by atoms with Crippen LogP contribution in [0.25, 0.3) is 0 Å². The van der Waals surface area contributed by atoms with E-state index < -0.39 is 37.9 Å². The molecule has 1 heterocycles. The summed E-state index contributed by atoms with van der Waals surface area (Å²) in [6.45, 7) is 1.70. The number of carbonyl (C=O) groups is 2. The highest BCUT2D eigenvalue weighted by Crippen LogP contribution is 2.30. The fourth-order valence-electron chi connectivity index (χ4n) is 4.22. The number of carbonyl (C=O) groups excluding carboxylic acids is 2. The normalized spacial score (nSPS) is 16.3. The Bertz CT molecular complexity index is 1550. The van der Waals surface area contributed by atoms with E-state index in [1.54, 1.807) is 36.4 Å². The third-order valence-corrected chi connectivity index (χ3v) is 9.15. The Balaban J connectivity index is 1.67.